The van der Waals surface area contributed by atoms with Gasteiger partial charge in [-0.05, 0) is 43.6 Å². The zero-order chi connectivity index (χ0) is 14.3. The highest BCUT2D eigenvalue weighted by Crippen LogP contribution is 2.17. The maximum atomic E-state index is 13.1. The first-order valence-corrected chi connectivity index (χ1v) is 6.61. The lowest BCUT2D eigenvalue weighted by Gasteiger charge is -2.22. The summed E-state index contributed by atoms with van der Waals surface area (Å²) in [5, 5.41) is 8.79. The molecule has 1 atom stereocenters. The fourth-order valence-corrected chi connectivity index (χ4v) is 2.00. The van der Waals surface area contributed by atoms with Crippen LogP contribution >= 0.6 is 0 Å². The molecule has 108 valence electrons. The van der Waals surface area contributed by atoms with Crippen LogP contribution in [0.4, 0.5) is 8.78 Å². The number of hydrogen-bond donors (Lipinski definition) is 2. The molecular weight excluding hydrogens is 250 g/mol. The summed E-state index contributed by atoms with van der Waals surface area (Å²) in [7, 11) is 0. The van der Waals surface area contributed by atoms with Crippen LogP contribution < -0.4 is 5.73 Å². The summed E-state index contributed by atoms with van der Waals surface area (Å²) >= 11 is 0. The topological polar surface area (TPSA) is 49.5 Å². The van der Waals surface area contributed by atoms with E-state index in [4.69, 9.17) is 10.8 Å². The summed E-state index contributed by atoms with van der Waals surface area (Å²) in [4.78, 5) is 2.16. The molecule has 3 N–H and O–H groups in total. The summed E-state index contributed by atoms with van der Waals surface area (Å²) in [5.41, 5.74) is 6.44. The third-order valence-corrected chi connectivity index (χ3v) is 3.15. The number of nitrogens with two attached hydrogens (primary N) is 1. The summed E-state index contributed by atoms with van der Waals surface area (Å²) in [6.07, 6.45) is 1.35. The largest absolute Gasteiger partial charge is 0.396 e. The van der Waals surface area contributed by atoms with Crippen molar-refractivity contribution in [3.05, 3.63) is 35.4 Å². The summed E-state index contributed by atoms with van der Waals surface area (Å²) in [6.45, 7) is 4.61. The molecule has 0 aromatic heterocycles. The molecule has 0 bridgehead atoms. The number of aliphatic hydroxyl groups excluding tert-OH is 1. The van der Waals surface area contributed by atoms with Crippen LogP contribution in [0.1, 0.15) is 31.4 Å². The van der Waals surface area contributed by atoms with Crippen LogP contribution in [0.25, 0.3) is 0 Å². The van der Waals surface area contributed by atoms with E-state index in [9.17, 15) is 8.78 Å². The molecule has 0 heterocycles. The van der Waals surface area contributed by atoms with Crippen molar-refractivity contribution in [1.29, 1.82) is 0 Å². The molecule has 0 amide bonds. The molecule has 0 aliphatic carbocycles. The smallest absolute Gasteiger partial charge is 0.126 e. The molecule has 0 saturated carbocycles. The normalized spacial score (nSPS) is 12.9. The average molecular weight is 272 g/mol. The van der Waals surface area contributed by atoms with Crippen LogP contribution in [-0.2, 0) is 0 Å². The first-order valence-electron chi connectivity index (χ1n) is 6.61. The van der Waals surface area contributed by atoms with Gasteiger partial charge in [0.15, 0.2) is 0 Å². The Kier molecular flexibility index (Phi) is 6.91. The Morgan fingerprint density at radius 1 is 1.21 bits per heavy atom. The van der Waals surface area contributed by atoms with E-state index < -0.39 is 11.6 Å². The zero-order valence-corrected chi connectivity index (χ0v) is 11.3. The first kappa shape index (κ1) is 16.0. The number of aliphatic hydroxyl groups is 1. The Morgan fingerprint density at radius 3 is 2.37 bits per heavy atom. The maximum absolute atomic E-state index is 13.1. The SMILES string of the molecule is CCN(CCCO)CCC(N)c1cc(F)cc(F)c1. The fourth-order valence-electron chi connectivity index (χ4n) is 2.00. The van der Waals surface area contributed by atoms with Crippen LogP contribution in [0, 0.1) is 11.6 Å². The summed E-state index contributed by atoms with van der Waals surface area (Å²) in [6, 6.07) is 3.01. The minimum Gasteiger partial charge on any atom is -0.396 e. The second kappa shape index (κ2) is 8.19. The second-order valence-corrected chi connectivity index (χ2v) is 4.61. The Labute approximate surface area is 113 Å². The van der Waals surface area contributed by atoms with Crippen molar-refractivity contribution < 1.29 is 13.9 Å². The van der Waals surface area contributed by atoms with E-state index in [1.165, 1.54) is 12.1 Å². The molecule has 0 saturated heterocycles. The Morgan fingerprint density at radius 2 is 1.84 bits per heavy atom. The van der Waals surface area contributed by atoms with Gasteiger partial charge in [0.1, 0.15) is 11.6 Å². The molecule has 1 rings (SSSR count). The van der Waals surface area contributed by atoms with E-state index in [1.54, 1.807) is 0 Å². The van der Waals surface area contributed by atoms with Crippen LogP contribution in [-0.4, -0.2) is 36.2 Å². The van der Waals surface area contributed by atoms with Crippen molar-refractivity contribution in [1.82, 2.24) is 4.90 Å². The molecule has 1 aromatic rings. The lowest BCUT2D eigenvalue weighted by atomic mass is 10.0. The fraction of sp³-hybridized carbons (Fsp3) is 0.571. The number of benzene rings is 1. The molecule has 0 spiro atoms. The molecule has 3 nitrogen and oxygen atoms in total. The van der Waals surface area contributed by atoms with E-state index in [0.29, 0.717) is 12.0 Å². The van der Waals surface area contributed by atoms with Gasteiger partial charge in [-0.2, -0.15) is 0 Å². The number of hydrogen-bond acceptors (Lipinski definition) is 3. The molecule has 0 aliphatic rings. The van der Waals surface area contributed by atoms with E-state index in [2.05, 4.69) is 4.90 Å². The van der Waals surface area contributed by atoms with Crippen molar-refractivity contribution in [2.24, 2.45) is 5.73 Å². The monoisotopic (exact) mass is 272 g/mol. The quantitative estimate of drug-likeness (QED) is 0.761. The van der Waals surface area contributed by atoms with Gasteiger partial charge in [0, 0.05) is 25.3 Å². The van der Waals surface area contributed by atoms with Crippen LogP contribution in [0.15, 0.2) is 18.2 Å². The van der Waals surface area contributed by atoms with Crippen LogP contribution in [0.5, 0.6) is 0 Å². The van der Waals surface area contributed by atoms with Gasteiger partial charge in [0.25, 0.3) is 0 Å². The Hall–Kier alpha value is -1.04. The zero-order valence-electron chi connectivity index (χ0n) is 11.3. The maximum Gasteiger partial charge on any atom is 0.126 e. The highest BCUT2D eigenvalue weighted by molar-refractivity contribution is 5.21. The molecule has 1 unspecified atom stereocenters. The Balaban J connectivity index is 2.51. The minimum atomic E-state index is -0.599. The molecule has 5 heteroatoms. The van der Waals surface area contributed by atoms with E-state index in [1.807, 2.05) is 6.92 Å². The highest BCUT2D eigenvalue weighted by atomic mass is 19.1. The lowest BCUT2D eigenvalue weighted by molar-refractivity contribution is 0.225. The molecule has 1 aromatic carbocycles. The number of halogens is 2. The third kappa shape index (κ3) is 5.63. The van der Waals surface area contributed by atoms with Gasteiger partial charge < -0.3 is 15.7 Å². The molecule has 0 fully saturated rings. The van der Waals surface area contributed by atoms with Gasteiger partial charge in [-0.25, -0.2) is 8.78 Å². The van der Waals surface area contributed by atoms with Gasteiger partial charge in [-0.1, -0.05) is 6.92 Å². The van der Waals surface area contributed by atoms with Gasteiger partial charge in [0.2, 0.25) is 0 Å². The van der Waals surface area contributed by atoms with Crippen molar-refractivity contribution in [3.63, 3.8) is 0 Å². The molecular formula is C14H22F2N2O. The predicted molar refractivity (Wildman–Crippen MR) is 71.7 cm³/mol. The van der Waals surface area contributed by atoms with Crippen molar-refractivity contribution in [2.75, 3.05) is 26.2 Å². The van der Waals surface area contributed by atoms with Crippen LogP contribution in [0.3, 0.4) is 0 Å². The van der Waals surface area contributed by atoms with Crippen molar-refractivity contribution in [3.8, 4) is 0 Å². The Bertz CT molecular complexity index is 367. The van der Waals surface area contributed by atoms with E-state index >= 15 is 0 Å². The second-order valence-electron chi connectivity index (χ2n) is 4.61. The number of rotatable bonds is 8. The molecule has 0 radical (unpaired) electrons. The van der Waals surface area contributed by atoms with Crippen molar-refractivity contribution >= 4 is 0 Å². The minimum absolute atomic E-state index is 0.164. The number of nitrogens with zero attached hydrogens (tertiary/aromatic N) is 1. The third-order valence-electron chi connectivity index (χ3n) is 3.15. The van der Waals surface area contributed by atoms with E-state index in [0.717, 1.165) is 32.1 Å². The summed E-state index contributed by atoms with van der Waals surface area (Å²) in [5.74, 6) is -1.20. The average Bonchev–Trinajstić information content (AvgIpc) is 2.37. The predicted octanol–water partition coefficient (Wildman–Crippen LogP) is 2.06. The molecule has 19 heavy (non-hydrogen) atoms. The van der Waals surface area contributed by atoms with Gasteiger partial charge in [-0.3, -0.25) is 0 Å². The lowest BCUT2D eigenvalue weighted by Crippen LogP contribution is -2.28. The van der Waals surface area contributed by atoms with Gasteiger partial charge >= 0.3 is 0 Å². The van der Waals surface area contributed by atoms with Gasteiger partial charge in [-0.15, -0.1) is 0 Å². The highest BCUT2D eigenvalue weighted by Gasteiger charge is 2.11. The van der Waals surface area contributed by atoms with Crippen LogP contribution in [0.2, 0.25) is 0 Å². The molecule has 0 aliphatic heterocycles. The van der Waals surface area contributed by atoms with Gasteiger partial charge in [0.05, 0.1) is 0 Å². The van der Waals surface area contributed by atoms with E-state index in [-0.39, 0.29) is 12.6 Å². The first-order chi connectivity index (χ1) is 9.06. The standard InChI is InChI=1S/C14H22F2N2O/c1-2-18(5-3-7-19)6-4-14(17)11-8-12(15)10-13(16)9-11/h8-10,14,19H,2-7,17H2,1H3. The van der Waals surface area contributed by atoms with Crippen molar-refractivity contribution in [2.45, 2.75) is 25.8 Å². The summed E-state index contributed by atoms with van der Waals surface area (Å²) < 4.78 is 26.2.